The van der Waals surface area contributed by atoms with Gasteiger partial charge in [0.1, 0.15) is 18.2 Å². The Bertz CT molecular complexity index is 965. The predicted octanol–water partition coefficient (Wildman–Crippen LogP) is 2.24. The van der Waals surface area contributed by atoms with Crippen molar-refractivity contribution in [3.8, 4) is 11.6 Å². The molecule has 2 aliphatic heterocycles. The molecule has 170 valence electrons. The monoisotopic (exact) mass is 442 g/mol. The number of pyridine rings is 1. The van der Waals surface area contributed by atoms with E-state index in [2.05, 4.69) is 31.7 Å². The van der Waals surface area contributed by atoms with Crippen LogP contribution in [0.3, 0.4) is 0 Å². The summed E-state index contributed by atoms with van der Waals surface area (Å²) in [5.41, 5.74) is 1.76. The van der Waals surface area contributed by atoms with Gasteiger partial charge in [-0.15, -0.1) is 5.10 Å². The quantitative estimate of drug-likeness (QED) is 0.370. The average Bonchev–Trinajstić information content (AvgIpc) is 2.78. The van der Waals surface area contributed by atoms with Gasteiger partial charge in [-0.3, -0.25) is 0 Å². The van der Waals surface area contributed by atoms with Gasteiger partial charge in [0.05, 0.1) is 43.9 Å². The molecule has 0 bridgehead atoms. The molecule has 1 saturated heterocycles. The molecule has 4 rings (SSSR count). The summed E-state index contributed by atoms with van der Waals surface area (Å²) in [6, 6.07) is 8.66. The van der Waals surface area contributed by atoms with E-state index in [-0.39, 0.29) is 11.9 Å². The zero-order valence-corrected chi connectivity index (χ0v) is 18.3. The SMILES string of the molecule is C=N/N=C(/N1CC(N2CCOc3cc(F)ccc32)C1)N(CCOC)c1ccc(OC)nc1. The van der Waals surface area contributed by atoms with Crippen molar-refractivity contribution in [3.05, 3.63) is 42.3 Å². The molecule has 1 fully saturated rings. The summed E-state index contributed by atoms with van der Waals surface area (Å²) < 4.78 is 29.7. The number of fused-ring (bicyclic) bond motifs is 1. The van der Waals surface area contributed by atoms with Crippen molar-refractivity contribution in [2.75, 3.05) is 63.4 Å². The molecule has 2 aliphatic rings. The summed E-state index contributed by atoms with van der Waals surface area (Å²) in [5.74, 6) is 1.50. The Morgan fingerprint density at radius 2 is 2.16 bits per heavy atom. The number of anilines is 2. The van der Waals surface area contributed by atoms with Crippen LogP contribution in [-0.4, -0.2) is 82.2 Å². The van der Waals surface area contributed by atoms with E-state index in [1.54, 1.807) is 32.5 Å². The molecule has 32 heavy (non-hydrogen) atoms. The van der Waals surface area contributed by atoms with Gasteiger partial charge >= 0.3 is 0 Å². The second-order valence-electron chi connectivity index (χ2n) is 7.46. The highest BCUT2D eigenvalue weighted by Gasteiger charge is 2.38. The van der Waals surface area contributed by atoms with Crippen molar-refractivity contribution >= 4 is 24.1 Å². The molecule has 0 unspecified atom stereocenters. The van der Waals surface area contributed by atoms with Gasteiger partial charge < -0.3 is 28.9 Å². The van der Waals surface area contributed by atoms with Crippen LogP contribution in [0.4, 0.5) is 15.8 Å². The van der Waals surface area contributed by atoms with Crippen molar-refractivity contribution in [3.63, 3.8) is 0 Å². The zero-order valence-electron chi connectivity index (χ0n) is 18.3. The summed E-state index contributed by atoms with van der Waals surface area (Å²) in [6.07, 6.45) is 1.73. The maximum atomic E-state index is 13.6. The Labute approximate surface area is 186 Å². The van der Waals surface area contributed by atoms with Gasteiger partial charge in [0.15, 0.2) is 0 Å². The van der Waals surface area contributed by atoms with Gasteiger partial charge in [0.25, 0.3) is 0 Å². The Kier molecular flexibility index (Phi) is 6.69. The van der Waals surface area contributed by atoms with Crippen molar-refractivity contribution in [2.24, 2.45) is 10.2 Å². The Morgan fingerprint density at radius 3 is 2.84 bits per heavy atom. The van der Waals surface area contributed by atoms with Crippen LogP contribution in [0.1, 0.15) is 0 Å². The lowest BCUT2D eigenvalue weighted by molar-refractivity contribution is 0.200. The van der Waals surface area contributed by atoms with E-state index in [4.69, 9.17) is 14.2 Å². The third-order valence-electron chi connectivity index (χ3n) is 5.57. The lowest BCUT2D eigenvalue weighted by Crippen LogP contribution is -2.65. The number of halogens is 1. The number of hydrogen-bond acceptors (Lipinski definition) is 7. The van der Waals surface area contributed by atoms with Crippen molar-refractivity contribution in [2.45, 2.75) is 6.04 Å². The highest BCUT2D eigenvalue weighted by molar-refractivity contribution is 5.96. The normalized spacial score (nSPS) is 16.2. The van der Waals surface area contributed by atoms with E-state index < -0.39 is 0 Å². The number of rotatable bonds is 7. The third kappa shape index (κ3) is 4.45. The number of benzene rings is 1. The van der Waals surface area contributed by atoms with E-state index in [9.17, 15) is 4.39 Å². The molecule has 0 N–H and O–H groups in total. The minimum atomic E-state index is -0.297. The van der Waals surface area contributed by atoms with Gasteiger partial charge in [-0.1, -0.05) is 0 Å². The second kappa shape index (κ2) is 9.82. The summed E-state index contributed by atoms with van der Waals surface area (Å²) >= 11 is 0. The number of methoxy groups -OCH3 is 2. The van der Waals surface area contributed by atoms with E-state index in [1.807, 2.05) is 11.0 Å². The lowest BCUT2D eigenvalue weighted by atomic mass is 10.1. The highest BCUT2D eigenvalue weighted by Crippen LogP contribution is 2.35. The van der Waals surface area contributed by atoms with E-state index in [0.29, 0.717) is 37.3 Å². The molecule has 10 heteroatoms. The average molecular weight is 442 g/mol. The summed E-state index contributed by atoms with van der Waals surface area (Å²) in [6.45, 7) is 7.37. The molecule has 1 aromatic heterocycles. The van der Waals surface area contributed by atoms with Gasteiger partial charge in [0, 0.05) is 45.6 Å². The van der Waals surface area contributed by atoms with Crippen molar-refractivity contribution in [1.82, 2.24) is 9.88 Å². The summed E-state index contributed by atoms with van der Waals surface area (Å²) in [7, 11) is 3.24. The topological polar surface area (TPSA) is 75.0 Å². The first-order valence-electron chi connectivity index (χ1n) is 10.4. The first-order chi connectivity index (χ1) is 15.6. The van der Waals surface area contributed by atoms with Gasteiger partial charge in [0.2, 0.25) is 11.8 Å². The number of guanidine groups is 1. The second-order valence-corrected chi connectivity index (χ2v) is 7.46. The maximum Gasteiger partial charge on any atom is 0.226 e. The number of ether oxygens (including phenoxy) is 3. The Hall–Kier alpha value is -3.40. The molecule has 3 heterocycles. The van der Waals surface area contributed by atoms with Crippen LogP contribution in [0.25, 0.3) is 0 Å². The molecule has 0 aliphatic carbocycles. The van der Waals surface area contributed by atoms with Crippen LogP contribution in [0.5, 0.6) is 11.6 Å². The standard InChI is InChI=1S/C22H27FN6O3/c1-24-26-22(29(8-10-30-2)17-5-7-21(31-3)25-13-17)27-14-18(15-27)28-9-11-32-20-12-16(23)4-6-19(20)28/h4-7,12-13,18H,1,8-11,14-15H2,2-3H3/b26-22-. The van der Waals surface area contributed by atoms with E-state index in [1.165, 1.54) is 12.1 Å². The third-order valence-corrected chi connectivity index (χ3v) is 5.57. The van der Waals surface area contributed by atoms with Gasteiger partial charge in [-0.25, -0.2) is 9.37 Å². The molecule has 0 atom stereocenters. The van der Waals surface area contributed by atoms with E-state index >= 15 is 0 Å². The summed E-state index contributed by atoms with van der Waals surface area (Å²) in [5, 5.41) is 8.13. The van der Waals surface area contributed by atoms with Gasteiger partial charge in [-0.05, 0) is 18.2 Å². The largest absolute Gasteiger partial charge is 0.489 e. The maximum absolute atomic E-state index is 13.6. The summed E-state index contributed by atoms with van der Waals surface area (Å²) in [4.78, 5) is 10.7. The molecule has 0 radical (unpaired) electrons. The van der Waals surface area contributed by atoms with Crippen LogP contribution >= 0.6 is 0 Å². The predicted molar refractivity (Wildman–Crippen MR) is 122 cm³/mol. The lowest BCUT2D eigenvalue weighted by Gasteiger charge is -2.50. The molecule has 0 saturated carbocycles. The fourth-order valence-corrected chi connectivity index (χ4v) is 3.94. The van der Waals surface area contributed by atoms with Crippen LogP contribution in [0.15, 0.2) is 46.7 Å². The fourth-order valence-electron chi connectivity index (χ4n) is 3.94. The van der Waals surface area contributed by atoms with Crippen LogP contribution in [0.2, 0.25) is 0 Å². The number of aromatic nitrogens is 1. The molecule has 9 nitrogen and oxygen atoms in total. The van der Waals surface area contributed by atoms with Crippen LogP contribution in [0, 0.1) is 5.82 Å². The molecule has 0 amide bonds. The minimum Gasteiger partial charge on any atom is -0.489 e. The zero-order chi connectivity index (χ0) is 22.5. The number of nitrogens with zero attached hydrogens (tertiary/aromatic N) is 6. The first-order valence-corrected chi connectivity index (χ1v) is 10.4. The number of likely N-dealkylation sites (tertiary alicyclic amines) is 1. The smallest absolute Gasteiger partial charge is 0.226 e. The van der Waals surface area contributed by atoms with Crippen molar-refractivity contribution in [1.29, 1.82) is 0 Å². The van der Waals surface area contributed by atoms with Crippen LogP contribution in [-0.2, 0) is 4.74 Å². The van der Waals surface area contributed by atoms with E-state index in [0.717, 1.165) is 31.0 Å². The molecular formula is C22H27FN6O3. The van der Waals surface area contributed by atoms with Crippen molar-refractivity contribution < 1.29 is 18.6 Å². The Morgan fingerprint density at radius 1 is 1.31 bits per heavy atom. The fraction of sp³-hybridized carbons (Fsp3) is 0.409. The van der Waals surface area contributed by atoms with Gasteiger partial charge in [-0.2, -0.15) is 5.10 Å². The molecule has 0 spiro atoms. The molecular weight excluding hydrogens is 415 g/mol. The molecule has 2 aromatic rings. The van der Waals surface area contributed by atoms with Crippen LogP contribution < -0.4 is 19.3 Å². The minimum absolute atomic E-state index is 0.247. The first kappa shape index (κ1) is 21.8. The Balaban J connectivity index is 1.52. The number of hydrogen-bond donors (Lipinski definition) is 0. The highest BCUT2D eigenvalue weighted by atomic mass is 19.1. The molecule has 1 aromatic carbocycles.